The number of benzene rings is 3. The van der Waals surface area contributed by atoms with Gasteiger partial charge < -0.3 is 9.47 Å². The van der Waals surface area contributed by atoms with E-state index in [9.17, 15) is 4.79 Å². The number of hydrogen-bond donors (Lipinski definition) is 1. The van der Waals surface area contributed by atoms with E-state index in [2.05, 4.69) is 32.8 Å². The summed E-state index contributed by atoms with van der Waals surface area (Å²) in [5.74, 6) is 1.14. The van der Waals surface area contributed by atoms with Crippen LogP contribution >= 0.6 is 11.6 Å². The minimum atomic E-state index is -0.399. The quantitative estimate of drug-likeness (QED) is 0.176. The number of fused-ring (bicyclic) bond motifs is 1. The summed E-state index contributed by atoms with van der Waals surface area (Å²) < 4.78 is 13.2. The highest BCUT2D eigenvalue weighted by Gasteiger charge is 2.25. The molecule has 10 nitrogen and oxygen atoms in total. The zero-order valence-electron chi connectivity index (χ0n) is 24.6. The molecule has 7 rings (SSSR count). The number of rotatable bonds is 8. The summed E-state index contributed by atoms with van der Waals surface area (Å²) >= 11 is 6.12. The number of aromatic nitrogens is 7. The zero-order chi connectivity index (χ0) is 30.8. The van der Waals surface area contributed by atoms with E-state index < -0.39 is 5.97 Å². The first-order chi connectivity index (χ1) is 22.1. The summed E-state index contributed by atoms with van der Waals surface area (Å²) in [6, 6.07) is 21.1. The number of esters is 1. The highest BCUT2D eigenvalue weighted by molar-refractivity contribution is 6.30. The molecule has 45 heavy (non-hydrogen) atoms. The second-order valence-electron chi connectivity index (χ2n) is 11.1. The molecule has 6 aromatic rings. The maximum absolute atomic E-state index is 12.3. The smallest absolute Gasteiger partial charge is 0.337 e. The van der Waals surface area contributed by atoms with E-state index >= 15 is 0 Å². The van der Waals surface area contributed by atoms with Gasteiger partial charge in [0.25, 0.3) is 0 Å². The number of methoxy groups -OCH3 is 1. The van der Waals surface area contributed by atoms with Gasteiger partial charge in [0.15, 0.2) is 5.65 Å². The lowest BCUT2D eigenvalue weighted by Gasteiger charge is -2.25. The van der Waals surface area contributed by atoms with E-state index in [1.54, 1.807) is 12.3 Å². The first-order valence-electron chi connectivity index (χ1n) is 14.9. The van der Waals surface area contributed by atoms with Crippen LogP contribution in [0.5, 0.6) is 5.75 Å². The van der Waals surface area contributed by atoms with Crippen LogP contribution in [-0.2, 0) is 11.3 Å². The molecule has 0 amide bonds. The van der Waals surface area contributed by atoms with Gasteiger partial charge in [-0.15, -0.1) is 10.2 Å². The Labute approximate surface area is 264 Å². The topological polar surface area (TPSA) is 120 Å². The van der Waals surface area contributed by atoms with E-state index in [0.29, 0.717) is 33.7 Å². The van der Waals surface area contributed by atoms with Crippen LogP contribution in [0.25, 0.3) is 39.3 Å². The number of ether oxygens (including phenoxy) is 2. The summed E-state index contributed by atoms with van der Waals surface area (Å²) in [7, 11) is 1.37. The number of carbonyl (C=O) groups is 1. The number of tetrazole rings is 1. The maximum atomic E-state index is 12.3. The molecule has 1 aliphatic carbocycles. The maximum Gasteiger partial charge on any atom is 0.337 e. The van der Waals surface area contributed by atoms with Gasteiger partial charge in [-0.2, -0.15) is 10.3 Å². The Morgan fingerprint density at radius 1 is 0.933 bits per heavy atom. The van der Waals surface area contributed by atoms with Crippen molar-refractivity contribution in [1.82, 2.24) is 35.2 Å². The molecule has 0 unspecified atom stereocenters. The molecule has 0 saturated heterocycles. The standard InChI is InChI=1S/C34H30ClN7O3/c1-44-34(43)24-11-16-28(21-7-12-26(35)13-8-21)25(17-24)20-45-27-14-9-22(10-15-27)29-18-36-33-30(32-38-40-41-39-32)19-37-42(33)31(29)23-5-3-2-4-6-23/h7-19,23H,2-6,20H2,1H3,(H,38,39,40,41). The third kappa shape index (κ3) is 5.76. The number of halogens is 1. The van der Waals surface area contributed by atoms with Crippen LogP contribution in [-0.4, -0.2) is 48.3 Å². The van der Waals surface area contributed by atoms with Crippen molar-refractivity contribution in [3.63, 3.8) is 0 Å². The molecule has 3 aromatic heterocycles. The Balaban J connectivity index is 1.19. The van der Waals surface area contributed by atoms with Gasteiger partial charge in [0.2, 0.25) is 5.82 Å². The molecular weight excluding hydrogens is 590 g/mol. The van der Waals surface area contributed by atoms with Crippen LogP contribution in [0.1, 0.15) is 59.6 Å². The Bertz CT molecular complexity index is 1950. The van der Waals surface area contributed by atoms with Crippen molar-refractivity contribution in [2.24, 2.45) is 0 Å². The fourth-order valence-corrected chi connectivity index (χ4v) is 6.26. The van der Waals surface area contributed by atoms with Gasteiger partial charge in [0, 0.05) is 22.7 Å². The van der Waals surface area contributed by atoms with Crippen molar-refractivity contribution < 1.29 is 14.3 Å². The summed E-state index contributed by atoms with van der Waals surface area (Å²) in [4.78, 5) is 17.1. The van der Waals surface area contributed by atoms with Crippen molar-refractivity contribution in [3.05, 3.63) is 101 Å². The minimum absolute atomic E-state index is 0.259. The van der Waals surface area contributed by atoms with Crippen molar-refractivity contribution in [2.45, 2.75) is 44.6 Å². The number of nitrogens with one attached hydrogen (secondary N) is 1. The number of H-pyrrole nitrogens is 1. The molecule has 1 aliphatic rings. The fourth-order valence-electron chi connectivity index (χ4n) is 6.13. The molecule has 11 heteroatoms. The zero-order valence-corrected chi connectivity index (χ0v) is 25.4. The van der Waals surface area contributed by atoms with Gasteiger partial charge in [-0.05, 0) is 76.7 Å². The predicted octanol–water partition coefficient (Wildman–Crippen LogP) is 7.31. The van der Waals surface area contributed by atoms with Crippen molar-refractivity contribution in [1.29, 1.82) is 0 Å². The number of nitrogens with zero attached hydrogens (tertiary/aromatic N) is 6. The average molecular weight is 620 g/mol. The number of carbonyl (C=O) groups excluding carboxylic acids is 1. The van der Waals surface area contributed by atoms with Crippen LogP contribution < -0.4 is 4.74 Å². The van der Waals surface area contributed by atoms with E-state index in [1.165, 1.54) is 26.4 Å². The van der Waals surface area contributed by atoms with E-state index in [-0.39, 0.29) is 6.61 Å². The fraction of sp³-hybridized carbons (Fsp3) is 0.235. The first-order valence-corrected chi connectivity index (χ1v) is 15.3. The molecule has 226 valence electrons. The molecule has 0 atom stereocenters. The van der Waals surface area contributed by atoms with Crippen LogP contribution in [0.15, 0.2) is 79.1 Å². The summed E-state index contributed by atoms with van der Waals surface area (Å²) in [5.41, 5.74) is 7.92. The first kappa shape index (κ1) is 28.7. The van der Waals surface area contributed by atoms with E-state index in [0.717, 1.165) is 51.9 Å². The van der Waals surface area contributed by atoms with Crippen molar-refractivity contribution >= 4 is 23.2 Å². The number of hydrogen-bond acceptors (Lipinski definition) is 8. The van der Waals surface area contributed by atoms with Gasteiger partial charge in [-0.1, -0.05) is 61.2 Å². The third-order valence-corrected chi connectivity index (χ3v) is 8.64. The van der Waals surface area contributed by atoms with E-state index in [1.807, 2.05) is 59.2 Å². The SMILES string of the molecule is COC(=O)c1ccc(-c2ccc(Cl)cc2)c(COc2ccc(-c3cnc4c(-c5nn[nH]n5)cnn4c3C3CCCCC3)cc2)c1. The Hall–Kier alpha value is -5.09. The molecule has 0 aliphatic heterocycles. The summed E-state index contributed by atoms with van der Waals surface area (Å²) in [6.07, 6.45) is 9.52. The molecule has 3 heterocycles. The monoisotopic (exact) mass is 619 g/mol. The number of aromatic amines is 1. The summed E-state index contributed by atoms with van der Waals surface area (Å²) in [6.45, 7) is 0.259. The van der Waals surface area contributed by atoms with Gasteiger partial charge >= 0.3 is 5.97 Å². The largest absolute Gasteiger partial charge is 0.489 e. The highest BCUT2D eigenvalue weighted by Crippen LogP contribution is 2.39. The van der Waals surface area contributed by atoms with Crippen LogP contribution in [0.4, 0.5) is 0 Å². The lowest BCUT2D eigenvalue weighted by atomic mass is 9.84. The predicted molar refractivity (Wildman–Crippen MR) is 170 cm³/mol. The van der Waals surface area contributed by atoms with E-state index in [4.69, 9.17) is 31.2 Å². The third-order valence-electron chi connectivity index (χ3n) is 8.38. The molecule has 1 saturated carbocycles. The van der Waals surface area contributed by atoms with Gasteiger partial charge in [0.05, 0.1) is 30.1 Å². The van der Waals surface area contributed by atoms with Crippen molar-refractivity contribution in [2.75, 3.05) is 7.11 Å². The lowest BCUT2D eigenvalue weighted by Crippen LogP contribution is -2.12. The second kappa shape index (κ2) is 12.5. The normalized spacial score (nSPS) is 13.6. The van der Waals surface area contributed by atoms with Crippen LogP contribution in [0, 0.1) is 0 Å². The molecule has 0 radical (unpaired) electrons. The van der Waals surface area contributed by atoms with Gasteiger partial charge in [-0.3, -0.25) is 0 Å². The lowest BCUT2D eigenvalue weighted by molar-refractivity contribution is 0.0600. The Morgan fingerprint density at radius 3 is 2.42 bits per heavy atom. The Kier molecular flexibility index (Phi) is 7.96. The summed E-state index contributed by atoms with van der Waals surface area (Å²) in [5, 5.41) is 19.9. The van der Waals surface area contributed by atoms with Crippen LogP contribution in [0.3, 0.4) is 0 Å². The highest BCUT2D eigenvalue weighted by atomic mass is 35.5. The van der Waals surface area contributed by atoms with Gasteiger partial charge in [0.1, 0.15) is 12.4 Å². The minimum Gasteiger partial charge on any atom is -0.489 e. The molecule has 1 N–H and O–H groups in total. The molecule has 0 bridgehead atoms. The molecular formula is C34H30ClN7O3. The molecule has 1 fully saturated rings. The second-order valence-corrected chi connectivity index (χ2v) is 11.5. The average Bonchev–Trinajstić information content (AvgIpc) is 3.78. The molecule has 3 aromatic carbocycles. The van der Waals surface area contributed by atoms with Crippen LogP contribution in [0.2, 0.25) is 5.02 Å². The van der Waals surface area contributed by atoms with Gasteiger partial charge in [-0.25, -0.2) is 14.3 Å². The molecule has 0 spiro atoms. The Morgan fingerprint density at radius 2 is 1.69 bits per heavy atom. The van der Waals surface area contributed by atoms with Crippen molar-refractivity contribution in [3.8, 4) is 39.4 Å².